The van der Waals surface area contributed by atoms with Gasteiger partial charge in [-0.2, -0.15) is 0 Å². The first-order valence-corrected chi connectivity index (χ1v) is 4.46. The number of methoxy groups -OCH3 is 1. The Morgan fingerprint density at radius 3 is 2.44 bits per heavy atom. The van der Waals surface area contributed by atoms with Crippen LogP contribution in [-0.2, 0) is 6.42 Å². The van der Waals surface area contributed by atoms with Gasteiger partial charge in [0.25, 0.3) is 0 Å². The fourth-order valence-corrected chi connectivity index (χ4v) is 1.32. The van der Waals surface area contributed by atoms with Crippen molar-refractivity contribution in [1.82, 2.24) is 0 Å². The van der Waals surface area contributed by atoms with Crippen molar-refractivity contribution in [3.63, 3.8) is 0 Å². The maximum Gasteiger partial charge on any atom is 1.00 e. The molecule has 82 valence electrons. The first-order chi connectivity index (χ1) is 6.99. The third kappa shape index (κ3) is 4.26. The minimum atomic E-state index is -4.95. The van der Waals surface area contributed by atoms with E-state index in [2.05, 4.69) is 6.58 Å². The van der Waals surface area contributed by atoms with Crippen molar-refractivity contribution in [3.05, 3.63) is 36.4 Å². The van der Waals surface area contributed by atoms with Crippen LogP contribution in [0.15, 0.2) is 30.9 Å². The second-order valence-electron chi connectivity index (χ2n) is 3.14. The second-order valence-corrected chi connectivity index (χ2v) is 3.14. The zero-order valence-corrected chi connectivity index (χ0v) is 12.5. The van der Waals surface area contributed by atoms with Gasteiger partial charge in [-0.3, -0.25) is 0 Å². The van der Waals surface area contributed by atoms with Crippen molar-refractivity contribution in [1.29, 1.82) is 0 Å². The summed E-state index contributed by atoms with van der Waals surface area (Å²) in [6.45, 7) is -1.46. The zero-order valence-electron chi connectivity index (χ0n) is 9.34. The number of benzene rings is 1. The molecule has 1 aromatic rings. The Morgan fingerprint density at radius 2 is 2.00 bits per heavy atom. The van der Waals surface area contributed by atoms with Gasteiger partial charge in [-0.05, 0) is 18.1 Å². The van der Waals surface area contributed by atoms with E-state index in [1.165, 1.54) is 13.2 Å². The van der Waals surface area contributed by atoms with Gasteiger partial charge in [-0.25, -0.2) is 0 Å². The molecule has 16 heavy (non-hydrogen) atoms. The van der Waals surface area contributed by atoms with Crippen molar-refractivity contribution in [2.45, 2.75) is 6.42 Å². The number of rotatable bonds is 4. The molecule has 0 heterocycles. The molecule has 1 aromatic carbocycles. The summed E-state index contributed by atoms with van der Waals surface area (Å²) in [5, 5.41) is 0. The van der Waals surface area contributed by atoms with Crippen LogP contribution in [0.3, 0.4) is 0 Å². The topological polar surface area (TPSA) is 9.23 Å². The maximum atomic E-state index is 12.4. The van der Waals surface area contributed by atoms with Crippen LogP contribution in [0.25, 0.3) is 0 Å². The molecule has 0 spiro atoms. The number of hydrogen-bond donors (Lipinski definition) is 0. The summed E-state index contributed by atoms with van der Waals surface area (Å²) < 4.78 is 42.3. The Hall–Kier alpha value is 0.251. The largest absolute Gasteiger partial charge is 1.00 e. The molecule has 0 amide bonds. The normalized spacial score (nSPS) is 10.5. The Morgan fingerprint density at radius 1 is 1.38 bits per heavy atom. The molecule has 0 aromatic heterocycles. The predicted molar refractivity (Wildman–Crippen MR) is 55.6 cm³/mol. The SMILES string of the molecule is C=CCc1cc([B-](F)(F)F)ccc1OC.[K+]. The van der Waals surface area contributed by atoms with Gasteiger partial charge in [0, 0.05) is 0 Å². The molecular formula is C10H11BF3KO. The molecule has 0 unspecified atom stereocenters. The molecule has 0 atom stereocenters. The van der Waals surface area contributed by atoms with Crippen LogP contribution in [0.2, 0.25) is 0 Å². The number of hydrogen-bond acceptors (Lipinski definition) is 1. The first kappa shape index (κ1) is 16.3. The summed E-state index contributed by atoms with van der Waals surface area (Å²) in [6, 6.07) is 3.48. The van der Waals surface area contributed by atoms with Gasteiger partial charge in [-0.15, -0.1) is 12.0 Å². The molecule has 6 heteroatoms. The van der Waals surface area contributed by atoms with E-state index in [1.54, 1.807) is 6.08 Å². The van der Waals surface area contributed by atoms with E-state index >= 15 is 0 Å². The average molecular weight is 254 g/mol. The van der Waals surface area contributed by atoms with E-state index in [0.717, 1.165) is 12.1 Å². The summed E-state index contributed by atoms with van der Waals surface area (Å²) in [5.74, 6) is 0.457. The molecule has 0 fully saturated rings. The first-order valence-electron chi connectivity index (χ1n) is 4.46. The summed E-state index contributed by atoms with van der Waals surface area (Å²) in [6.07, 6.45) is 1.91. The van der Waals surface area contributed by atoms with Gasteiger partial charge in [0.2, 0.25) is 0 Å². The average Bonchev–Trinajstić information content (AvgIpc) is 2.17. The van der Waals surface area contributed by atoms with Crippen LogP contribution in [0.4, 0.5) is 12.9 Å². The van der Waals surface area contributed by atoms with E-state index in [9.17, 15) is 12.9 Å². The summed E-state index contributed by atoms with van der Waals surface area (Å²) in [7, 11) is 1.43. The molecule has 0 aliphatic rings. The van der Waals surface area contributed by atoms with Crippen molar-refractivity contribution < 1.29 is 69.1 Å². The maximum absolute atomic E-state index is 12.4. The molecule has 0 saturated carbocycles. The molecule has 1 nitrogen and oxygen atoms in total. The fraction of sp³-hybridized carbons (Fsp3) is 0.200. The van der Waals surface area contributed by atoms with Crippen molar-refractivity contribution >= 4 is 12.4 Å². The molecule has 1 rings (SSSR count). The Labute approximate surface area is 136 Å². The second kappa shape index (κ2) is 6.86. The van der Waals surface area contributed by atoms with E-state index in [4.69, 9.17) is 4.74 Å². The molecular weight excluding hydrogens is 243 g/mol. The third-order valence-corrected chi connectivity index (χ3v) is 2.05. The van der Waals surface area contributed by atoms with E-state index < -0.39 is 12.4 Å². The van der Waals surface area contributed by atoms with Crippen LogP contribution in [-0.4, -0.2) is 14.1 Å². The van der Waals surface area contributed by atoms with Crippen LogP contribution < -0.4 is 61.6 Å². The van der Waals surface area contributed by atoms with Crippen molar-refractivity contribution in [2.24, 2.45) is 0 Å². The smallest absolute Gasteiger partial charge is 0.496 e. The summed E-state index contributed by atoms with van der Waals surface area (Å²) >= 11 is 0. The standard InChI is InChI=1S/C10H11BF3O.K/c1-3-4-8-7-9(11(12,13)14)5-6-10(8)15-2;/h3,5-7H,1,4H2,2H3;/q-1;+1. The minimum absolute atomic E-state index is 0. The fourth-order valence-electron chi connectivity index (χ4n) is 1.32. The number of allylic oxidation sites excluding steroid dienone is 1. The quantitative estimate of drug-likeness (QED) is 0.519. The minimum Gasteiger partial charge on any atom is -0.496 e. The molecule has 0 radical (unpaired) electrons. The predicted octanol–water partition coefficient (Wildman–Crippen LogP) is -0.518. The van der Waals surface area contributed by atoms with Gasteiger partial charge < -0.3 is 17.7 Å². The van der Waals surface area contributed by atoms with Gasteiger partial charge in [-0.1, -0.05) is 18.2 Å². The third-order valence-electron chi connectivity index (χ3n) is 2.05. The van der Waals surface area contributed by atoms with Crippen molar-refractivity contribution in [2.75, 3.05) is 7.11 Å². The summed E-state index contributed by atoms with van der Waals surface area (Å²) in [4.78, 5) is 0. The van der Waals surface area contributed by atoms with E-state index in [0.29, 0.717) is 17.7 Å². The van der Waals surface area contributed by atoms with Gasteiger partial charge in [0.05, 0.1) is 7.11 Å². The van der Waals surface area contributed by atoms with Crippen LogP contribution in [0.5, 0.6) is 5.75 Å². The monoisotopic (exact) mass is 254 g/mol. The number of halogens is 3. The van der Waals surface area contributed by atoms with Crippen molar-refractivity contribution in [3.8, 4) is 5.75 Å². The Kier molecular flexibility index (Phi) is 6.97. The van der Waals surface area contributed by atoms with E-state index in [-0.39, 0.29) is 51.4 Å². The zero-order chi connectivity index (χ0) is 11.5. The van der Waals surface area contributed by atoms with Crippen LogP contribution in [0.1, 0.15) is 5.56 Å². The van der Waals surface area contributed by atoms with Gasteiger partial charge >= 0.3 is 58.4 Å². The van der Waals surface area contributed by atoms with Crippen LogP contribution in [0, 0.1) is 0 Å². The molecule has 0 aliphatic carbocycles. The summed E-state index contributed by atoms with van der Waals surface area (Å²) in [5.41, 5.74) is -0.100. The van der Waals surface area contributed by atoms with Gasteiger partial charge in [0.1, 0.15) is 5.75 Å². The van der Waals surface area contributed by atoms with E-state index in [1.807, 2.05) is 0 Å². The Balaban J connectivity index is 0.00000225. The Bertz CT molecular complexity index is 366. The molecule has 0 saturated heterocycles. The molecule has 0 bridgehead atoms. The van der Waals surface area contributed by atoms with Gasteiger partial charge in [0.15, 0.2) is 0 Å². The number of ether oxygens (including phenoxy) is 1. The molecule has 0 aliphatic heterocycles. The van der Waals surface area contributed by atoms with Crippen LogP contribution >= 0.6 is 0 Å². The molecule has 0 N–H and O–H groups in total.